The molecule has 0 radical (unpaired) electrons. The van der Waals surface area contributed by atoms with Gasteiger partial charge in [0.25, 0.3) is 5.91 Å². The second kappa shape index (κ2) is 6.73. The Hall–Kier alpha value is -2.58. The van der Waals surface area contributed by atoms with Gasteiger partial charge >= 0.3 is 0 Å². The third kappa shape index (κ3) is 3.71. The van der Waals surface area contributed by atoms with Crippen molar-refractivity contribution in [3.8, 4) is 11.8 Å². The van der Waals surface area contributed by atoms with Crippen LogP contribution in [-0.4, -0.2) is 17.6 Å². The summed E-state index contributed by atoms with van der Waals surface area (Å²) >= 11 is 0. The van der Waals surface area contributed by atoms with Crippen molar-refractivity contribution in [2.24, 2.45) is 5.73 Å². The lowest BCUT2D eigenvalue weighted by molar-refractivity contribution is 0.0946. The van der Waals surface area contributed by atoms with E-state index in [-0.39, 0.29) is 5.91 Å². The van der Waals surface area contributed by atoms with Gasteiger partial charge in [0, 0.05) is 17.2 Å². The highest BCUT2D eigenvalue weighted by Crippen LogP contribution is 2.13. The first kappa shape index (κ1) is 14.8. The summed E-state index contributed by atoms with van der Waals surface area (Å²) in [7, 11) is 0. The van der Waals surface area contributed by atoms with Crippen LogP contribution in [0.3, 0.4) is 0 Å². The van der Waals surface area contributed by atoms with Crippen LogP contribution in [-0.2, 0) is 6.54 Å². The smallest absolute Gasteiger partial charge is 0.251 e. The molecule has 0 bridgehead atoms. The number of aryl methyl sites for hydroxylation is 1. The van der Waals surface area contributed by atoms with Gasteiger partial charge in [0.15, 0.2) is 5.76 Å². The van der Waals surface area contributed by atoms with E-state index in [0.29, 0.717) is 24.4 Å². The molecule has 0 aliphatic rings. The minimum atomic E-state index is -0.169. The average molecular weight is 283 g/mol. The van der Waals surface area contributed by atoms with Crippen molar-refractivity contribution in [1.29, 1.82) is 0 Å². The number of hydrogen-bond donors (Lipinski definition) is 2. The third-order valence-electron chi connectivity index (χ3n) is 3.00. The number of rotatable bonds is 3. The van der Waals surface area contributed by atoms with Gasteiger partial charge in [-0.3, -0.25) is 4.79 Å². The summed E-state index contributed by atoms with van der Waals surface area (Å²) < 4.78 is 5.06. The molecular weight excluding hydrogens is 266 g/mol. The van der Waals surface area contributed by atoms with Crippen LogP contribution in [0.2, 0.25) is 0 Å². The largest absolute Gasteiger partial charge is 0.359 e. The Kier molecular flexibility index (Phi) is 4.75. The van der Waals surface area contributed by atoms with E-state index in [0.717, 1.165) is 16.8 Å². The highest BCUT2D eigenvalue weighted by Gasteiger charge is 2.11. The van der Waals surface area contributed by atoms with Crippen LogP contribution >= 0.6 is 0 Å². The minimum Gasteiger partial charge on any atom is -0.359 e. The number of benzene rings is 1. The summed E-state index contributed by atoms with van der Waals surface area (Å²) in [5, 5.41) is 6.58. The molecule has 0 aliphatic carbocycles. The standard InChI is InChI=1S/C16H17N3O2/c1-11-9-14(21-19-11)10-18-16(20)15-7-3-5-13(12(15)2)6-4-8-17/h3,5,7,9H,8,10,17H2,1-2H3,(H,18,20). The molecule has 0 saturated carbocycles. The average Bonchev–Trinajstić information content (AvgIpc) is 2.89. The van der Waals surface area contributed by atoms with Crippen LogP contribution in [0.15, 0.2) is 28.8 Å². The Labute approximate surface area is 123 Å². The van der Waals surface area contributed by atoms with Gasteiger partial charge in [-0.15, -0.1) is 0 Å². The van der Waals surface area contributed by atoms with E-state index < -0.39 is 0 Å². The predicted molar refractivity (Wildman–Crippen MR) is 79.5 cm³/mol. The van der Waals surface area contributed by atoms with Gasteiger partial charge in [-0.2, -0.15) is 0 Å². The van der Waals surface area contributed by atoms with E-state index in [9.17, 15) is 4.79 Å². The van der Waals surface area contributed by atoms with Crippen molar-refractivity contribution >= 4 is 5.91 Å². The van der Waals surface area contributed by atoms with E-state index in [1.807, 2.05) is 19.9 Å². The van der Waals surface area contributed by atoms with E-state index >= 15 is 0 Å². The second-order valence-electron chi connectivity index (χ2n) is 4.60. The van der Waals surface area contributed by atoms with Crippen LogP contribution in [0, 0.1) is 25.7 Å². The van der Waals surface area contributed by atoms with E-state index in [2.05, 4.69) is 22.3 Å². The molecule has 5 heteroatoms. The van der Waals surface area contributed by atoms with Crippen LogP contribution in [0.5, 0.6) is 0 Å². The minimum absolute atomic E-state index is 0.169. The number of nitrogens with one attached hydrogen (secondary N) is 1. The fraction of sp³-hybridized carbons (Fsp3) is 0.250. The Morgan fingerprint density at radius 2 is 2.24 bits per heavy atom. The number of aromatic nitrogens is 1. The summed E-state index contributed by atoms with van der Waals surface area (Å²) in [5.41, 5.74) is 8.39. The van der Waals surface area contributed by atoms with Crippen LogP contribution < -0.4 is 11.1 Å². The maximum Gasteiger partial charge on any atom is 0.251 e. The van der Waals surface area contributed by atoms with E-state index in [1.54, 1.807) is 18.2 Å². The van der Waals surface area contributed by atoms with Gasteiger partial charge in [0.05, 0.1) is 18.8 Å². The summed E-state index contributed by atoms with van der Waals surface area (Å²) in [6, 6.07) is 7.23. The zero-order valence-electron chi connectivity index (χ0n) is 12.1. The molecule has 0 spiro atoms. The monoisotopic (exact) mass is 283 g/mol. The summed E-state index contributed by atoms with van der Waals surface area (Å²) in [5.74, 6) is 6.21. The van der Waals surface area contributed by atoms with Crippen molar-refractivity contribution in [2.45, 2.75) is 20.4 Å². The number of nitrogens with zero attached hydrogens (tertiary/aromatic N) is 1. The Morgan fingerprint density at radius 1 is 1.43 bits per heavy atom. The molecule has 3 N–H and O–H groups in total. The molecule has 1 aromatic carbocycles. The summed E-state index contributed by atoms with van der Waals surface area (Å²) in [6.45, 7) is 4.30. The number of nitrogens with two attached hydrogens (primary N) is 1. The number of carbonyl (C=O) groups is 1. The van der Waals surface area contributed by atoms with E-state index in [4.69, 9.17) is 10.3 Å². The molecule has 5 nitrogen and oxygen atoms in total. The molecule has 21 heavy (non-hydrogen) atoms. The van der Waals surface area contributed by atoms with Gasteiger partial charge in [-0.05, 0) is 31.5 Å². The van der Waals surface area contributed by atoms with Crippen molar-refractivity contribution in [3.63, 3.8) is 0 Å². The molecule has 0 aliphatic heterocycles. The molecule has 2 rings (SSSR count). The molecule has 0 fully saturated rings. The van der Waals surface area contributed by atoms with Gasteiger partial charge < -0.3 is 15.6 Å². The summed E-state index contributed by atoms with van der Waals surface area (Å²) in [4.78, 5) is 12.2. The normalized spacial score (nSPS) is 9.86. The number of hydrogen-bond acceptors (Lipinski definition) is 4. The molecular formula is C16H17N3O2. The fourth-order valence-electron chi connectivity index (χ4n) is 1.93. The second-order valence-corrected chi connectivity index (χ2v) is 4.60. The van der Waals surface area contributed by atoms with Gasteiger partial charge in [0.1, 0.15) is 0 Å². The first-order chi connectivity index (χ1) is 10.1. The molecule has 2 aromatic rings. The van der Waals surface area contributed by atoms with Crippen molar-refractivity contribution in [3.05, 3.63) is 52.4 Å². The maximum atomic E-state index is 12.2. The summed E-state index contributed by atoms with van der Waals surface area (Å²) in [6.07, 6.45) is 0. The fourth-order valence-corrected chi connectivity index (χ4v) is 1.93. The lowest BCUT2D eigenvalue weighted by Gasteiger charge is -2.07. The zero-order valence-corrected chi connectivity index (χ0v) is 12.1. The SMILES string of the molecule is Cc1cc(CNC(=O)c2cccc(C#CCN)c2C)on1. The lowest BCUT2D eigenvalue weighted by atomic mass is 10.0. The van der Waals surface area contributed by atoms with Crippen LogP contribution in [0.1, 0.15) is 32.9 Å². The van der Waals surface area contributed by atoms with Gasteiger partial charge in [-0.1, -0.05) is 23.1 Å². The third-order valence-corrected chi connectivity index (χ3v) is 3.00. The number of carbonyl (C=O) groups excluding carboxylic acids is 1. The lowest BCUT2D eigenvalue weighted by Crippen LogP contribution is -2.23. The quantitative estimate of drug-likeness (QED) is 0.837. The van der Waals surface area contributed by atoms with E-state index in [1.165, 1.54) is 0 Å². The predicted octanol–water partition coefficient (Wildman–Crippen LogP) is 1.53. The molecule has 1 aromatic heterocycles. The highest BCUT2D eigenvalue weighted by molar-refractivity contribution is 5.96. The maximum absolute atomic E-state index is 12.2. The van der Waals surface area contributed by atoms with Crippen LogP contribution in [0.25, 0.3) is 0 Å². The Bertz CT molecular complexity index is 708. The topological polar surface area (TPSA) is 81.2 Å². The number of amides is 1. The molecule has 1 amide bonds. The van der Waals surface area contributed by atoms with Crippen molar-refractivity contribution in [1.82, 2.24) is 10.5 Å². The van der Waals surface area contributed by atoms with Crippen molar-refractivity contribution in [2.75, 3.05) is 6.54 Å². The van der Waals surface area contributed by atoms with Gasteiger partial charge in [0.2, 0.25) is 0 Å². The molecule has 108 valence electrons. The highest BCUT2D eigenvalue weighted by atomic mass is 16.5. The van der Waals surface area contributed by atoms with Gasteiger partial charge in [-0.25, -0.2) is 0 Å². The van der Waals surface area contributed by atoms with Crippen molar-refractivity contribution < 1.29 is 9.32 Å². The Balaban J connectivity index is 2.12. The zero-order chi connectivity index (χ0) is 15.2. The molecule has 0 atom stereocenters. The molecule has 1 heterocycles. The molecule has 0 unspecified atom stereocenters. The Morgan fingerprint density at radius 3 is 2.90 bits per heavy atom. The first-order valence-corrected chi connectivity index (χ1v) is 6.60. The molecule has 0 saturated heterocycles. The first-order valence-electron chi connectivity index (χ1n) is 6.60. The van der Waals surface area contributed by atoms with Crippen LogP contribution in [0.4, 0.5) is 0 Å².